The first kappa shape index (κ1) is 15.4. The molecule has 0 radical (unpaired) electrons. The molecule has 0 spiro atoms. The predicted octanol–water partition coefficient (Wildman–Crippen LogP) is 2.93. The Bertz CT molecular complexity index is 546. The van der Waals surface area contributed by atoms with Gasteiger partial charge in [-0.25, -0.2) is 4.79 Å². The standard InChI is InChI=1S/C16H22ClN3O2/c17-14-10-12(5-6-15(14)19-7-1-2-8-19)18-16(22)20-9-3-4-13(20)11-21/h5-6,10,13,21H,1-4,7-9,11H2,(H,18,22)/t13-/m0/s1. The van der Waals surface area contributed by atoms with Crippen molar-refractivity contribution in [2.45, 2.75) is 31.7 Å². The Balaban J connectivity index is 1.67. The topological polar surface area (TPSA) is 55.8 Å². The number of hydrogen-bond acceptors (Lipinski definition) is 3. The fourth-order valence-corrected chi connectivity index (χ4v) is 3.59. The van der Waals surface area contributed by atoms with Crippen LogP contribution in [0, 0.1) is 0 Å². The molecule has 6 heteroatoms. The van der Waals surface area contributed by atoms with E-state index in [0.29, 0.717) is 17.3 Å². The molecule has 0 unspecified atom stereocenters. The zero-order valence-corrected chi connectivity index (χ0v) is 13.4. The van der Waals surface area contributed by atoms with E-state index in [1.807, 2.05) is 12.1 Å². The van der Waals surface area contributed by atoms with Gasteiger partial charge in [-0.1, -0.05) is 11.6 Å². The van der Waals surface area contributed by atoms with Crippen LogP contribution in [0.1, 0.15) is 25.7 Å². The minimum absolute atomic E-state index is 0.0159. The lowest BCUT2D eigenvalue weighted by atomic mass is 10.2. The maximum Gasteiger partial charge on any atom is 0.322 e. The molecule has 120 valence electrons. The van der Waals surface area contributed by atoms with Gasteiger partial charge in [0.25, 0.3) is 0 Å². The molecule has 0 bridgehead atoms. The molecule has 2 aliphatic rings. The first-order chi connectivity index (χ1) is 10.7. The van der Waals surface area contributed by atoms with Gasteiger partial charge >= 0.3 is 6.03 Å². The summed E-state index contributed by atoms with van der Waals surface area (Å²) < 4.78 is 0. The van der Waals surface area contributed by atoms with Crippen molar-refractivity contribution in [3.8, 4) is 0 Å². The van der Waals surface area contributed by atoms with Crippen LogP contribution in [0.15, 0.2) is 18.2 Å². The van der Waals surface area contributed by atoms with Crippen molar-refractivity contribution in [2.75, 3.05) is 36.5 Å². The number of amides is 2. The van der Waals surface area contributed by atoms with E-state index in [0.717, 1.165) is 31.6 Å². The molecule has 2 N–H and O–H groups in total. The smallest absolute Gasteiger partial charge is 0.322 e. The van der Waals surface area contributed by atoms with Crippen LogP contribution in [0.5, 0.6) is 0 Å². The van der Waals surface area contributed by atoms with E-state index >= 15 is 0 Å². The van der Waals surface area contributed by atoms with Crippen molar-refractivity contribution < 1.29 is 9.90 Å². The lowest BCUT2D eigenvalue weighted by Gasteiger charge is -2.24. The summed E-state index contributed by atoms with van der Waals surface area (Å²) in [5, 5.41) is 12.9. The summed E-state index contributed by atoms with van der Waals surface area (Å²) in [7, 11) is 0. The molecule has 2 amide bonds. The van der Waals surface area contributed by atoms with Crippen LogP contribution < -0.4 is 10.2 Å². The van der Waals surface area contributed by atoms with E-state index in [1.54, 1.807) is 11.0 Å². The van der Waals surface area contributed by atoms with Gasteiger partial charge < -0.3 is 20.2 Å². The number of aliphatic hydroxyl groups is 1. The monoisotopic (exact) mass is 323 g/mol. The van der Waals surface area contributed by atoms with Crippen molar-refractivity contribution in [2.24, 2.45) is 0 Å². The third kappa shape index (κ3) is 3.15. The highest BCUT2D eigenvalue weighted by Gasteiger charge is 2.28. The highest BCUT2D eigenvalue weighted by molar-refractivity contribution is 6.33. The Labute approximate surface area is 135 Å². The van der Waals surface area contributed by atoms with Crippen molar-refractivity contribution in [1.82, 2.24) is 4.90 Å². The zero-order valence-electron chi connectivity index (χ0n) is 12.6. The third-order valence-electron chi connectivity index (χ3n) is 4.49. The average Bonchev–Trinajstić information content (AvgIpc) is 3.18. The number of nitrogens with one attached hydrogen (secondary N) is 1. The highest BCUT2D eigenvalue weighted by atomic mass is 35.5. The van der Waals surface area contributed by atoms with Gasteiger partial charge in [0.15, 0.2) is 0 Å². The summed E-state index contributed by atoms with van der Waals surface area (Å²) in [5.74, 6) is 0. The van der Waals surface area contributed by atoms with E-state index in [-0.39, 0.29) is 18.7 Å². The number of anilines is 2. The summed E-state index contributed by atoms with van der Waals surface area (Å²) in [6.45, 7) is 2.79. The second-order valence-electron chi connectivity index (χ2n) is 5.96. The van der Waals surface area contributed by atoms with E-state index in [2.05, 4.69) is 10.2 Å². The van der Waals surface area contributed by atoms with Crippen LogP contribution in [0.4, 0.5) is 16.2 Å². The second kappa shape index (κ2) is 6.75. The van der Waals surface area contributed by atoms with Gasteiger partial charge in [-0.3, -0.25) is 0 Å². The van der Waals surface area contributed by atoms with Gasteiger partial charge in [0.1, 0.15) is 0 Å². The van der Waals surface area contributed by atoms with Crippen LogP contribution in [0.3, 0.4) is 0 Å². The Hall–Kier alpha value is -1.46. The van der Waals surface area contributed by atoms with Gasteiger partial charge in [0.05, 0.1) is 23.4 Å². The lowest BCUT2D eigenvalue weighted by Crippen LogP contribution is -2.40. The molecule has 5 nitrogen and oxygen atoms in total. The van der Waals surface area contributed by atoms with Crippen LogP contribution in [-0.4, -0.2) is 48.3 Å². The van der Waals surface area contributed by atoms with Crippen LogP contribution in [0.2, 0.25) is 5.02 Å². The molecule has 2 heterocycles. The Kier molecular flexibility index (Phi) is 4.74. The van der Waals surface area contributed by atoms with Gasteiger partial charge in [-0.05, 0) is 43.9 Å². The molecule has 2 fully saturated rings. The molecule has 0 aromatic heterocycles. The molecule has 1 aromatic rings. The van der Waals surface area contributed by atoms with E-state index in [9.17, 15) is 9.90 Å². The normalized spacial score (nSPS) is 21.5. The summed E-state index contributed by atoms with van der Waals surface area (Å²) in [4.78, 5) is 16.3. The fourth-order valence-electron chi connectivity index (χ4n) is 3.29. The molecule has 1 atom stereocenters. The number of nitrogens with zero attached hydrogens (tertiary/aromatic N) is 2. The van der Waals surface area contributed by atoms with Crippen molar-refractivity contribution >= 4 is 29.0 Å². The van der Waals surface area contributed by atoms with Crippen molar-refractivity contribution in [3.63, 3.8) is 0 Å². The molecule has 1 aromatic carbocycles. The molecule has 3 rings (SSSR count). The summed E-state index contributed by atoms with van der Waals surface area (Å²) in [6, 6.07) is 5.43. The number of rotatable bonds is 3. The maximum atomic E-state index is 12.3. The van der Waals surface area contributed by atoms with E-state index < -0.39 is 0 Å². The highest BCUT2D eigenvalue weighted by Crippen LogP contribution is 2.31. The van der Waals surface area contributed by atoms with Crippen LogP contribution in [-0.2, 0) is 0 Å². The van der Waals surface area contributed by atoms with Gasteiger partial charge in [-0.15, -0.1) is 0 Å². The largest absolute Gasteiger partial charge is 0.394 e. The fraction of sp³-hybridized carbons (Fsp3) is 0.562. The van der Waals surface area contributed by atoms with Gasteiger partial charge in [-0.2, -0.15) is 0 Å². The molecule has 0 saturated carbocycles. The van der Waals surface area contributed by atoms with Crippen LogP contribution >= 0.6 is 11.6 Å². The zero-order chi connectivity index (χ0) is 15.5. The minimum atomic E-state index is -0.165. The van der Waals surface area contributed by atoms with Crippen molar-refractivity contribution in [3.05, 3.63) is 23.2 Å². The number of likely N-dealkylation sites (tertiary alicyclic amines) is 1. The number of benzene rings is 1. The minimum Gasteiger partial charge on any atom is -0.394 e. The molecule has 2 aliphatic heterocycles. The van der Waals surface area contributed by atoms with Crippen molar-refractivity contribution in [1.29, 1.82) is 0 Å². The quantitative estimate of drug-likeness (QED) is 0.899. The maximum absolute atomic E-state index is 12.3. The Morgan fingerprint density at radius 3 is 2.73 bits per heavy atom. The first-order valence-corrected chi connectivity index (χ1v) is 8.30. The predicted molar refractivity (Wildman–Crippen MR) is 88.7 cm³/mol. The molecular formula is C16H22ClN3O2. The lowest BCUT2D eigenvalue weighted by molar-refractivity contribution is 0.166. The molecular weight excluding hydrogens is 302 g/mol. The summed E-state index contributed by atoms with van der Waals surface area (Å²) in [6.07, 6.45) is 4.20. The van der Waals surface area contributed by atoms with Gasteiger partial charge in [0, 0.05) is 25.3 Å². The second-order valence-corrected chi connectivity index (χ2v) is 6.37. The van der Waals surface area contributed by atoms with Crippen LogP contribution in [0.25, 0.3) is 0 Å². The summed E-state index contributed by atoms with van der Waals surface area (Å²) >= 11 is 6.36. The molecule has 2 saturated heterocycles. The number of carbonyl (C=O) groups is 1. The van der Waals surface area contributed by atoms with Gasteiger partial charge in [0.2, 0.25) is 0 Å². The first-order valence-electron chi connectivity index (χ1n) is 7.92. The SMILES string of the molecule is O=C(Nc1ccc(N2CCCC2)c(Cl)c1)N1CCC[C@H]1CO. The summed E-state index contributed by atoms with van der Waals surface area (Å²) in [5.41, 5.74) is 1.73. The number of carbonyl (C=O) groups excluding carboxylic acids is 1. The average molecular weight is 324 g/mol. The third-order valence-corrected chi connectivity index (χ3v) is 4.80. The van der Waals surface area contributed by atoms with E-state index in [1.165, 1.54) is 12.8 Å². The number of urea groups is 1. The number of aliphatic hydroxyl groups excluding tert-OH is 1. The Morgan fingerprint density at radius 1 is 1.27 bits per heavy atom. The molecule has 0 aliphatic carbocycles. The Morgan fingerprint density at radius 2 is 2.05 bits per heavy atom. The van der Waals surface area contributed by atoms with E-state index in [4.69, 9.17) is 11.6 Å². The molecule has 22 heavy (non-hydrogen) atoms. The number of hydrogen-bond donors (Lipinski definition) is 2. The number of halogens is 1.